The third-order valence-corrected chi connectivity index (χ3v) is 4.34. The largest absolute Gasteiger partial charge is 0.489 e. The summed E-state index contributed by atoms with van der Waals surface area (Å²) < 4.78 is 5.92. The Balaban J connectivity index is 1.86. The van der Waals surface area contributed by atoms with Crippen LogP contribution < -0.4 is 10.1 Å². The number of H-pyrrole nitrogens is 1. The number of benzene rings is 1. The molecule has 1 aliphatic heterocycles. The molecule has 108 valence electrons. The molecule has 0 fully saturated rings. The first-order valence-corrected chi connectivity index (χ1v) is 7.33. The van der Waals surface area contributed by atoms with Crippen LogP contribution in [0.5, 0.6) is 5.75 Å². The summed E-state index contributed by atoms with van der Waals surface area (Å²) in [6, 6.07) is 6.59. The minimum Gasteiger partial charge on any atom is -0.489 e. The van der Waals surface area contributed by atoms with Crippen LogP contribution in [0.1, 0.15) is 22.0 Å². The maximum Gasteiger partial charge on any atom is 0.254 e. The normalized spacial score (nSPS) is 16.2. The number of halogens is 2. The Morgan fingerprint density at radius 2 is 2.19 bits per heavy atom. The van der Waals surface area contributed by atoms with Crippen molar-refractivity contribution in [2.75, 3.05) is 6.61 Å². The van der Waals surface area contributed by atoms with Crippen molar-refractivity contribution >= 4 is 41.3 Å². The third-order valence-electron chi connectivity index (χ3n) is 3.22. The molecule has 21 heavy (non-hydrogen) atoms. The minimum absolute atomic E-state index is 0.260. The fraction of sp³-hybridized carbons (Fsp3) is 0.143. The lowest BCUT2D eigenvalue weighted by atomic mass is 10.1. The average molecular weight is 341 g/mol. The monoisotopic (exact) mass is 340 g/mol. The lowest BCUT2D eigenvalue weighted by molar-refractivity contribution is 0.0929. The topological polar surface area (TPSA) is 54.1 Å². The molecule has 1 aromatic heterocycles. The summed E-state index contributed by atoms with van der Waals surface area (Å²) in [7, 11) is 0. The van der Waals surface area contributed by atoms with E-state index in [1.165, 1.54) is 0 Å². The highest BCUT2D eigenvalue weighted by Crippen LogP contribution is 2.42. The van der Waals surface area contributed by atoms with Crippen molar-refractivity contribution in [3.05, 3.63) is 56.3 Å². The van der Waals surface area contributed by atoms with E-state index in [0.29, 0.717) is 32.6 Å². The van der Waals surface area contributed by atoms with Crippen molar-refractivity contribution < 1.29 is 9.53 Å². The zero-order chi connectivity index (χ0) is 15.0. The van der Waals surface area contributed by atoms with Gasteiger partial charge >= 0.3 is 0 Å². The van der Waals surface area contributed by atoms with Gasteiger partial charge in [0.15, 0.2) is 0 Å². The van der Waals surface area contributed by atoms with Crippen LogP contribution >= 0.6 is 35.4 Å². The molecule has 0 saturated carbocycles. The summed E-state index contributed by atoms with van der Waals surface area (Å²) in [5, 5.41) is 3.67. The van der Waals surface area contributed by atoms with E-state index in [0.717, 1.165) is 5.56 Å². The van der Waals surface area contributed by atoms with Gasteiger partial charge in [0, 0.05) is 11.8 Å². The summed E-state index contributed by atoms with van der Waals surface area (Å²) in [5.41, 5.74) is 1.23. The summed E-state index contributed by atoms with van der Waals surface area (Å²) in [6.45, 7) is 0.310. The lowest BCUT2D eigenvalue weighted by Crippen LogP contribution is -2.29. The molecule has 2 aromatic rings. The van der Waals surface area contributed by atoms with Crippen molar-refractivity contribution in [2.24, 2.45) is 0 Å². The van der Waals surface area contributed by atoms with Crippen LogP contribution in [0.25, 0.3) is 0 Å². The van der Waals surface area contributed by atoms with Gasteiger partial charge in [-0.05, 0) is 18.2 Å². The molecule has 2 heterocycles. The van der Waals surface area contributed by atoms with Gasteiger partial charge < -0.3 is 15.0 Å². The number of carbonyl (C=O) groups excluding carboxylic acids is 1. The fourth-order valence-electron chi connectivity index (χ4n) is 2.18. The molecule has 3 rings (SSSR count). The molecule has 1 aliphatic rings. The van der Waals surface area contributed by atoms with E-state index in [1.54, 1.807) is 30.5 Å². The van der Waals surface area contributed by atoms with Crippen LogP contribution in [0, 0.1) is 4.64 Å². The molecule has 0 aliphatic carbocycles. The molecular weight excluding hydrogens is 331 g/mol. The van der Waals surface area contributed by atoms with Crippen molar-refractivity contribution in [3.8, 4) is 5.75 Å². The number of pyridine rings is 1. The van der Waals surface area contributed by atoms with Crippen LogP contribution in [-0.4, -0.2) is 17.5 Å². The molecule has 1 atom stereocenters. The Kier molecular flexibility index (Phi) is 3.89. The quantitative estimate of drug-likeness (QED) is 0.814. The second kappa shape index (κ2) is 5.67. The van der Waals surface area contributed by atoms with Gasteiger partial charge in [0.2, 0.25) is 0 Å². The molecule has 1 amide bonds. The van der Waals surface area contributed by atoms with E-state index in [-0.39, 0.29) is 11.9 Å². The van der Waals surface area contributed by atoms with Crippen molar-refractivity contribution in [1.29, 1.82) is 0 Å². The van der Waals surface area contributed by atoms with Gasteiger partial charge in [-0.15, -0.1) is 0 Å². The first-order valence-electron chi connectivity index (χ1n) is 6.17. The van der Waals surface area contributed by atoms with Gasteiger partial charge in [0.25, 0.3) is 5.91 Å². The van der Waals surface area contributed by atoms with Crippen LogP contribution in [0.3, 0.4) is 0 Å². The van der Waals surface area contributed by atoms with Gasteiger partial charge in [-0.2, -0.15) is 0 Å². The predicted molar refractivity (Wildman–Crippen MR) is 83.8 cm³/mol. The molecule has 1 aromatic carbocycles. The highest BCUT2D eigenvalue weighted by molar-refractivity contribution is 7.71. The zero-order valence-electron chi connectivity index (χ0n) is 10.7. The molecule has 0 saturated heterocycles. The van der Waals surface area contributed by atoms with Crippen molar-refractivity contribution in [3.63, 3.8) is 0 Å². The van der Waals surface area contributed by atoms with E-state index >= 15 is 0 Å². The number of hydrogen-bond donors (Lipinski definition) is 2. The Morgan fingerprint density at radius 1 is 1.38 bits per heavy atom. The Hall–Kier alpha value is -1.56. The van der Waals surface area contributed by atoms with Crippen LogP contribution in [-0.2, 0) is 0 Å². The first kappa shape index (κ1) is 14.4. The molecule has 1 unspecified atom stereocenters. The first-order chi connectivity index (χ1) is 10.1. The summed E-state index contributed by atoms with van der Waals surface area (Å²) in [4.78, 5) is 15.1. The van der Waals surface area contributed by atoms with E-state index in [9.17, 15) is 4.79 Å². The smallest absolute Gasteiger partial charge is 0.254 e. The summed E-state index contributed by atoms with van der Waals surface area (Å²) in [5.74, 6) is 0.261. The zero-order valence-corrected chi connectivity index (χ0v) is 13.0. The van der Waals surface area contributed by atoms with Gasteiger partial charge in [0.05, 0.1) is 16.6 Å². The fourth-order valence-corrected chi connectivity index (χ4v) is 2.78. The number of carbonyl (C=O) groups is 1. The molecule has 4 nitrogen and oxygen atoms in total. The van der Waals surface area contributed by atoms with Gasteiger partial charge in [-0.1, -0.05) is 41.5 Å². The van der Waals surface area contributed by atoms with Crippen LogP contribution in [0.2, 0.25) is 10.0 Å². The number of ether oxygens (including phenoxy) is 1. The maximum atomic E-state index is 12.3. The van der Waals surface area contributed by atoms with Crippen LogP contribution in [0.15, 0.2) is 30.5 Å². The highest BCUT2D eigenvalue weighted by Gasteiger charge is 2.29. The summed E-state index contributed by atoms with van der Waals surface area (Å²) in [6.07, 6.45) is 1.68. The predicted octanol–water partition coefficient (Wildman–Crippen LogP) is 3.91. The second-order valence-corrected chi connectivity index (χ2v) is 5.72. The molecule has 0 radical (unpaired) electrons. The molecule has 0 spiro atoms. The lowest BCUT2D eigenvalue weighted by Gasteiger charge is -2.12. The Bertz CT molecular complexity index is 776. The van der Waals surface area contributed by atoms with E-state index in [2.05, 4.69) is 10.3 Å². The highest BCUT2D eigenvalue weighted by atomic mass is 35.5. The third kappa shape index (κ3) is 2.64. The molecule has 7 heteroatoms. The van der Waals surface area contributed by atoms with Gasteiger partial charge in [-0.3, -0.25) is 4.79 Å². The minimum atomic E-state index is -0.281. The number of amides is 1. The SMILES string of the molecule is O=C(NC1COc2c1ccc(Cl)c2Cl)c1ccc[nH]c1=S. The number of nitrogens with one attached hydrogen (secondary N) is 2. The van der Waals surface area contributed by atoms with Gasteiger partial charge in [0.1, 0.15) is 22.0 Å². The van der Waals surface area contributed by atoms with E-state index < -0.39 is 0 Å². The van der Waals surface area contributed by atoms with Crippen LogP contribution in [0.4, 0.5) is 0 Å². The number of rotatable bonds is 2. The van der Waals surface area contributed by atoms with E-state index in [1.807, 2.05) is 0 Å². The van der Waals surface area contributed by atoms with Crippen molar-refractivity contribution in [1.82, 2.24) is 10.3 Å². The maximum absolute atomic E-state index is 12.3. The molecule has 2 N–H and O–H groups in total. The number of aromatic amines is 1. The van der Waals surface area contributed by atoms with Gasteiger partial charge in [-0.25, -0.2) is 0 Å². The number of fused-ring (bicyclic) bond motifs is 1. The summed E-state index contributed by atoms with van der Waals surface area (Å²) >= 11 is 17.1. The number of hydrogen-bond acceptors (Lipinski definition) is 3. The molecular formula is C14H10Cl2N2O2S. The van der Waals surface area contributed by atoms with E-state index in [4.69, 9.17) is 40.2 Å². The standard InChI is InChI=1S/C14H10Cl2N2O2S/c15-9-4-3-7-10(6-20-12(7)11(9)16)18-13(19)8-2-1-5-17-14(8)21/h1-5,10H,6H2,(H,17,21)(H,18,19). The number of aromatic nitrogens is 1. The average Bonchev–Trinajstić information content (AvgIpc) is 2.87. The second-order valence-electron chi connectivity index (χ2n) is 4.53. The Morgan fingerprint density at radius 3 is 2.95 bits per heavy atom. The Labute approximate surface area is 136 Å². The van der Waals surface area contributed by atoms with Crippen molar-refractivity contribution in [2.45, 2.75) is 6.04 Å². The molecule has 0 bridgehead atoms.